The van der Waals surface area contributed by atoms with Crippen molar-refractivity contribution in [1.29, 1.82) is 0 Å². The maximum atomic E-state index is 12.3. The highest BCUT2D eigenvalue weighted by Crippen LogP contribution is 2.67. The Hall–Kier alpha value is -1.07. The van der Waals surface area contributed by atoms with Gasteiger partial charge in [-0.25, -0.2) is 4.79 Å². The molecule has 5 heteroatoms. The second-order valence-corrected chi connectivity index (χ2v) is 14.2. The van der Waals surface area contributed by atoms with Gasteiger partial charge in [-0.1, -0.05) is 65.5 Å². The summed E-state index contributed by atoms with van der Waals surface area (Å²) in [5.41, 5.74) is 2.34. The van der Waals surface area contributed by atoms with E-state index < -0.39 is 6.16 Å². The molecule has 8 atom stereocenters. The number of hydrogen-bond donors (Lipinski definition) is 0. The minimum Gasteiger partial charge on any atom is -0.432 e. The molecule has 4 aliphatic rings. The molecule has 0 heterocycles. The van der Waals surface area contributed by atoms with Crippen molar-refractivity contribution in [3.63, 3.8) is 0 Å². The Labute approximate surface area is 239 Å². The number of rotatable bonds is 13. The molecule has 0 amide bonds. The second-order valence-electron chi connectivity index (χ2n) is 14.2. The van der Waals surface area contributed by atoms with Gasteiger partial charge in [-0.15, -0.1) is 0 Å². The third-order valence-corrected chi connectivity index (χ3v) is 11.5. The van der Waals surface area contributed by atoms with Crippen LogP contribution in [0.15, 0.2) is 11.6 Å². The summed E-state index contributed by atoms with van der Waals surface area (Å²) in [6.07, 6.45) is 15.9. The lowest BCUT2D eigenvalue weighted by Crippen LogP contribution is -2.51. The van der Waals surface area contributed by atoms with Gasteiger partial charge < -0.3 is 18.9 Å². The smallest absolute Gasteiger partial charge is 0.432 e. The number of carbonyl (C=O) groups excluding carboxylic acids is 1. The summed E-state index contributed by atoms with van der Waals surface area (Å²) in [6, 6.07) is 0. The predicted octanol–water partition coefficient (Wildman–Crippen LogP) is 8.60. The van der Waals surface area contributed by atoms with Crippen LogP contribution in [0, 0.1) is 46.3 Å². The molecule has 0 saturated heterocycles. The van der Waals surface area contributed by atoms with Gasteiger partial charge >= 0.3 is 6.16 Å². The third-order valence-electron chi connectivity index (χ3n) is 11.5. The molecule has 0 spiro atoms. The summed E-state index contributed by atoms with van der Waals surface area (Å²) in [4.78, 5) is 12.3. The highest BCUT2D eigenvalue weighted by atomic mass is 16.7. The van der Waals surface area contributed by atoms with Crippen LogP contribution in [0.2, 0.25) is 0 Å². The Morgan fingerprint density at radius 1 is 0.949 bits per heavy atom. The highest BCUT2D eigenvalue weighted by molar-refractivity contribution is 5.60. The van der Waals surface area contributed by atoms with E-state index in [1.807, 2.05) is 6.92 Å². The minimum atomic E-state index is -0.556. The number of hydrogen-bond acceptors (Lipinski definition) is 5. The number of fused-ring (bicyclic) bond motifs is 5. The fourth-order valence-corrected chi connectivity index (χ4v) is 9.47. The van der Waals surface area contributed by atoms with Crippen molar-refractivity contribution >= 4 is 6.16 Å². The van der Waals surface area contributed by atoms with Crippen LogP contribution in [-0.2, 0) is 18.9 Å². The van der Waals surface area contributed by atoms with Crippen molar-refractivity contribution in [2.24, 2.45) is 46.3 Å². The Morgan fingerprint density at radius 2 is 1.72 bits per heavy atom. The first-order valence-corrected chi connectivity index (χ1v) is 16.4. The van der Waals surface area contributed by atoms with Gasteiger partial charge in [-0.2, -0.15) is 0 Å². The summed E-state index contributed by atoms with van der Waals surface area (Å²) in [5.74, 6) is 5.07. The second kappa shape index (κ2) is 13.7. The molecule has 0 aromatic rings. The quantitative estimate of drug-likeness (QED) is 0.131. The van der Waals surface area contributed by atoms with E-state index >= 15 is 0 Å². The zero-order valence-electron chi connectivity index (χ0n) is 26.0. The van der Waals surface area contributed by atoms with Crippen molar-refractivity contribution in [3.05, 3.63) is 11.6 Å². The van der Waals surface area contributed by atoms with Crippen LogP contribution < -0.4 is 0 Å². The summed E-state index contributed by atoms with van der Waals surface area (Å²) in [6.45, 7) is 16.8. The van der Waals surface area contributed by atoms with E-state index in [0.717, 1.165) is 54.8 Å². The number of ether oxygens (including phenoxy) is 4. The first kappa shape index (κ1) is 30.9. The normalized spacial score (nSPS) is 36.5. The zero-order chi connectivity index (χ0) is 28.0. The SMILES string of the molecule is CCOCCOCCOC(=O)OC1CCC2(C)C(=CCC3C2CCC2(C)C(C(C)CCCC(C)C)CCC32)C1. The molecular weight excluding hydrogens is 488 g/mol. The summed E-state index contributed by atoms with van der Waals surface area (Å²) in [5, 5.41) is 0. The van der Waals surface area contributed by atoms with Crippen molar-refractivity contribution < 1.29 is 23.7 Å². The topological polar surface area (TPSA) is 54.0 Å². The molecule has 4 aliphatic carbocycles. The zero-order valence-corrected chi connectivity index (χ0v) is 26.0. The van der Waals surface area contributed by atoms with Gasteiger partial charge in [0.25, 0.3) is 0 Å². The van der Waals surface area contributed by atoms with E-state index in [-0.39, 0.29) is 18.1 Å². The third kappa shape index (κ3) is 7.05. The van der Waals surface area contributed by atoms with Crippen LogP contribution in [0.4, 0.5) is 4.79 Å². The first-order chi connectivity index (χ1) is 18.7. The lowest BCUT2D eigenvalue weighted by molar-refractivity contribution is -0.0627. The lowest BCUT2D eigenvalue weighted by Gasteiger charge is -2.58. The Balaban J connectivity index is 1.29. The molecule has 0 N–H and O–H groups in total. The van der Waals surface area contributed by atoms with E-state index in [1.165, 1.54) is 51.4 Å². The van der Waals surface area contributed by atoms with Crippen LogP contribution in [0.25, 0.3) is 0 Å². The van der Waals surface area contributed by atoms with E-state index in [9.17, 15) is 4.79 Å². The first-order valence-electron chi connectivity index (χ1n) is 16.4. The molecule has 0 radical (unpaired) electrons. The maximum absolute atomic E-state index is 12.3. The molecular formula is C34H58O5. The highest BCUT2D eigenvalue weighted by Gasteiger charge is 2.59. The number of carbonyl (C=O) groups is 1. The van der Waals surface area contributed by atoms with E-state index in [4.69, 9.17) is 18.9 Å². The van der Waals surface area contributed by atoms with Crippen molar-refractivity contribution in [3.8, 4) is 0 Å². The average molecular weight is 547 g/mol. The molecule has 3 fully saturated rings. The number of allylic oxidation sites excluding steroid dienone is 1. The van der Waals surface area contributed by atoms with Gasteiger partial charge in [0.1, 0.15) is 12.7 Å². The van der Waals surface area contributed by atoms with Gasteiger partial charge in [0.15, 0.2) is 0 Å². The molecule has 5 nitrogen and oxygen atoms in total. The van der Waals surface area contributed by atoms with Crippen LogP contribution >= 0.6 is 0 Å². The lowest BCUT2D eigenvalue weighted by atomic mass is 9.47. The molecule has 8 unspecified atom stereocenters. The van der Waals surface area contributed by atoms with Crippen molar-refractivity contribution in [2.45, 2.75) is 118 Å². The fourth-order valence-electron chi connectivity index (χ4n) is 9.47. The molecule has 0 aromatic heterocycles. The van der Waals surface area contributed by atoms with Crippen LogP contribution in [0.3, 0.4) is 0 Å². The summed E-state index contributed by atoms with van der Waals surface area (Å²) < 4.78 is 21.7. The van der Waals surface area contributed by atoms with Crippen molar-refractivity contribution in [1.82, 2.24) is 0 Å². The van der Waals surface area contributed by atoms with E-state index in [0.29, 0.717) is 31.8 Å². The van der Waals surface area contributed by atoms with Gasteiger partial charge in [0, 0.05) is 13.0 Å². The van der Waals surface area contributed by atoms with Crippen LogP contribution in [-0.4, -0.2) is 45.3 Å². The fraction of sp³-hybridized carbons (Fsp3) is 0.912. The Kier molecular flexibility index (Phi) is 10.9. The van der Waals surface area contributed by atoms with Crippen LogP contribution in [0.1, 0.15) is 112 Å². The molecule has 224 valence electrons. The molecule has 0 aromatic carbocycles. The standard InChI is InChI=1S/C34H58O5/c1-7-36-19-20-37-21-22-38-32(35)39-27-15-17-33(5)26(23-27)11-12-28-30-14-13-29(25(4)10-8-9-24(2)3)34(30,6)18-16-31(28)33/h11,24-25,27-31H,7-10,12-23H2,1-6H3. The Morgan fingerprint density at radius 3 is 2.49 bits per heavy atom. The van der Waals surface area contributed by atoms with Crippen LogP contribution in [0.5, 0.6) is 0 Å². The van der Waals surface area contributed by atoms with Gasteiger partial charge in [0.05, 0.1) is 19.8 Å². The molecule has 4 rings (SSSR count). The van der Waals surface area contributed by atoms with Crippen molar-refractivity contribution in [2.75, 3.05) is 33.0 Å². The molecule has 39 heavy (non-hydrogen) atoms. The minimum absolute atomic E-state index is 0.0661. The van der Waals surface area contributed by atoms with E-state index in [2.05, 4.69) is 40.7 Å². The monoisotopic (exact) mass is 546 g/mol. The maximum Gasteiger partial charge on any atom is 0.508 e. The Bertz CT molecular complexity index is 822. The molecule has 3 saturated carbocycles. The predicted molar refractivity (Wildman–Crippen MR) is 157 cm³/mol. The van der Waals surface area contributed by atoms with Gasteiger partial charge in [-0.3, -0.25) is 0 Å². The summed E-state index contributed by atoms with van der Waals surface area (Å²) in [7, 11) is 0. The van der Waals surface area contributed by atoms with Gasteiger partial charge in [0.2, 0.25) is 0 Å². The average Bonchev–Trinajstić information content (AvgIpc) is 3.25. The molecule has 0 aliphatic heterocycles. The van der Waals surface area contributed by atoms with Gasteiger partial charge in [-0.05, 0) is 98.2 Å². The van der Waals surface area contributed by atoms with E-state index in [1.54, 1.807) is 5.57 Å². The molecule has 0 bridgehead atoms. The summed E-state index contributed by atoms with van der Waals surface area (Å²) >= 11 is 0. The largest absolute Gasteiger partial charge is 0.508 e.